The number of hydrogen-bond acceptors (Lipinski definition) is 22. The average Bonchev–Trinajstić information content (AvgIpc) is 1.79. The Morgan fingerprint density at radius 3 is 1.71 bits per heavy atom. The summed E-state index contributed by atoms with van der Waals surface area (Å²) >= 11 is 0. The van der Waals surface area contributed by atoms with Crippen molar-refractivity contribution < 1.29 is 100 Å². The third-order valence-electron chi connectivity index (χ3n) is 18.2. The minimum atomic E-state index is -1.48. The second kappa shape index (κ2) is 52.2. The average molecular weight is 1570 g/mol. The summed E-state index contributed by atoms with van der Waals surface area (Å²) < 4.78 is 33.0. The van der Waals surface area contributed by atoms with Gasteiger partial charge in [-0.1, -0.05) is 106 Å². The van der Waals surface area contributed by atoms with Gasteiger partial charge in [0, 0.05) is 86.8 Å². The van der Waals surface area contributed by atoms with E-state index in [0.717, 1.165) is 5.56 Å². The Morgan fingerprint density at radius 1 is 0.568 bits per heavy atom. The van der Waals surface area contributed by atoms with Gasteiger partial charge in [0.2, 0.25) is 76.8 Å². The Bertz CT molecular complexity index is 3150. The molecule has 0 saturated carbocycles. The normalized spacial score (nSPS) is 15.4. The molecule has 0 aliphatic carbocycles. The Kier molecular flexibility index (Phi) is 46.0. The quantitative estimate of drug-likeness (QED) is 0.0266. The molecule has 0 bridgehead atoms. The molecule has 1 saturated heterocycles. The first-order chi connectivity index (χ1) is 52.4. The van der Waals surface area contributed by atoms with Gasteiger partial charge in [-0.2, -0.15) is 0 Å². The largest absolute Gasteiger partial charge is 0.464 e. The molecular formula is C75H127N15O21. The first-order valence-electron chi connectivity index (χ1n) is 37.9. The first kappa shape index (κ1) is 97.9. The second-order valence-electron chi connectivity index (χ2n) is 29.6. The van der Waals surface area contributed by atoms with E-state index in [1.54, 1.807) is 35.9 Å². The third kappa shape index (κ3) is 38.1. The van der Waals surface area contributed by atoms with Gasteiger partial charge in [0.25, 0.3) is 0 Å². The van der Waals surface area contributed by atoms with Crippen LogP contribution in [0.1, 0.15) is 133 Å². The summed E-state index contributed by atoms with van der Waals surface area (Å²) in [4.78, 5) is 201. The van der Waals surface area contributed by atoms with E-state index in [1.165, 1.54) is 28.3 Å². The van der Waals surface area contributed by atoms with Gasteiger partial charge in [0.1, 0.15) is 30.8 Å². The Hall–Kier alpha value is -9.13. The van der Waals surface area contributed by atoms with Crippen molar-refractivity contribution in [1.82, 2.24) is 78.5 Å². The van der Waals surface area contributed by atoms with Crippen molar-refractivity contribution in [3.05, 3.63) is 35.9 Å². The number of benzene rings is 1. The fourth-order valence-electron chi connectivity index (χ4n) is 12.1. The Balaban J connectivity index is 1.90. The molecule has 11 atom stereocenters. The molecule has 1 heterocycles. The van der Waals surface area contributed by atoms with Gasteiger partial charge in [-0.15, -0.1) is 0 Å². The molecule has 2 rings (SSSR count). The second-order valence-corrected chi connectivity index (χ2v) is 29.6. The number of likely N-dealkylation sites (N-methyl/N-ethyl adjacent to an activating group) is 2. The van der Waals surface area contributed by atoms with Gasteiger partial charge in [-0.25, -0.2) is 9.59 Å². The molecule has 111 heavy (non-hydrogen) atoms. The minimum Gasteiger partial charge on any atom is -0.464 e. The number of esters is 1. The van der Waals surface area contributed by atoms with Crippen LogP contribution in [0.5, 0.6) is 0 Å². The van der Waals surface area contributed by atoms with Crippen LogP contribution < -0.4 is 63.8 Å². The number of rotatable bonds is 52. The van der Waals surface area contributed by atoms with Crippen molar-refractivity contribution in [2.45, 2.75) is 188 Å². The van der Waals surface area contributed by atoms with Crippen LogP contribution in [-0.4, -0.2) is 292 Å². The van der Waals surface area contributed by atoms with Crippen LogP contribution in [0.2, 0.25) is 0 Å². The summed E-state index contributed by atoms with van der Waals surface area (Å²) in [6.45, 7) is 18.4. The maximum Gasteiger partial charge on any atom is 0.407 e. The molecule has 1 fully saturated rings. The van der Waals surface area contributed by atoms with Gasteiger partial charge < -0.3 is 102 Å². The molecule has 12 N–H and O–H groups in total. The summed E-state index contributed by atoms with van der Waals surface area (Å²) in [6, 6.07) is 2.96. The highest BCUT2D eigenvalue weighted by atomic mass is 16.6. The number of alkyl carbamates (subject to hydrolysis) is 1. The highest BCUT2D eigenvalue weighted by Crippen LogP contribution is 2.30. The number of likely N-dealkylation sites (tertiary alicyclic amines) is 1. The highest BCUT2D eigenvalue weighted by Gasteiger charge is 2.44. The highest BCUT2D eigenvalue weighted by molar-refractivity contribution is 5.94. The molecule has 1 aromatic carbocycles. The number of nitrogens with zero attached hydrogens (tertiary/aromatic N) is 3. The zero-order valence-corrected chi connectivity index (χ0v) is 68.1. The number of carbonyl (C=O) groups is 15. The lowest BCUT2D eigenvalue weighted by Crippen LogP contribution is -2.59. The van der Waals surface area contributed by atoms with Crippen LogP contribution >= 0.6 is 0 Å². The molecule has 0 radical (unpaired) electrons. The van der Waals surface area contributed by atoms with E-state index < -0.39 is 158 Å². The van der Waals surface area contributed by atoms with E-state index in [2.05, 4.69) is 63.8 Å². The van der Waals surface area contributed by atoms with Gasteiger partial charge in [-0.05, 0) is 69.0 Å². The molecule has 36 nitrogen and oxygen atoms in total. The monoisotopic (exact) mass is 1570 g/mol. The number of amides is 14. The molecule has 36 heteroatoms. The lowest BCUT2D eigenvalue weighted by atomic mass is 9.89. The van der Waals surface area contributed by atoms with Crippen molar-refractivity contribution in [3.8, 4) is 0 Å². The van der Waals surface area contributed by atoms with Gasteiger partial charge >= 0.3 is 12.1 Å². The summed E-state index contributed by atoms with van der Waals surface area (Å²) in [5.74, 6) is -9.41. The smallest absolute Gasteiger partial charge is 0.407 e. The van der Waals surface area contributed by atoms with E-state index in [0.29, 0.717) is 32.4 Å². The fraction of sp³-hybridized carbons (Fsp3) is 0.720. The van der Waals surface area contributed by atoms with E-state index in [1.807, 2.05) is 99.5 Å². The van der Waals surface area contributed by atoms with E-state index >= 15 is 0 Å². The molecule has 14 amide bonds. The number of methoxy groups -OCH3 is 3. The zero-order chi connectivity index (χ0) is 83.5. The standard InChI is InChI=1S/C75H127N15O21/c1-18-48(6)66(89(14)72(103)64(46(2)3)87-71(102)65(47(4)5)88(12)13)55(107-16)39-63(98)90-34-22-26-54(90)67(108-17)49(7)68(99)86-52(38-51-24-20-19-21-25-51)69(100)77-30-23-35-110-73(104)50(8)84-58(93)28-32-79-74(105)111-44-53(70(101)78-33-37-106-15)85-62(97)43-83-61(96)42-82-60(95)41-81-59(94)40-80-56(91)27-31-76-57(92)29-36-109-45-75(9,10)11/h19-21,24-25,46-50,52-55,64-67H,18,22-23,26-45H2,1-17H3,(H,76,92)(H,77,100)(H,78,101)(H,79,105)(H,80,91)(H,81,94)(H,82,95)(H,83,96)(H,84,93)(H,85,97)(H,86,99)(H,87,102)/t48-,49+,50?,52-,53?,54-,55+,64?,65-,66-,67+/m0/s1. The molecule has 628 valence electrons. The summed E-state index contributed by atoms with van der Waals surface area (Å²) in [5.41, 5.74) is 0.710. The molecule has 0 aromatic heterocycles. The van der Waals surface area contributed by atoms with Crippen LogP contribution in [0.3, 0.4) is 0 Å². The van der Waals surface area contributed by atoms with Crippen molar-refractivity contribution in [2.75, 3.05) is 134 Å². The number of ether oxygens (including phenoxy) is 6. The lowest BCUT2D eigenvalue weighted by molar-refractivity contribution is -0.148. The van der Waals surface area contributed by atoms with Crippen LogP contribution in [0.25, 0.3) is 0 Å². The van der Waals surface area contributed by atoms with Crippen molar-refractivity contribution in [3.63, 3.8) is 0 Å². The Morgan fingerprint density at radius 2 is 1.14 bits per heavy atom. The predicted molar refractivity (Wildman–Crippen MR) is 409 cm³/mol. The fourth-order valence-corrected chi connectivity index (χ4v) is 12.1. The zero-order valence-electron chi connectivity index (χ0n) is 68.1. The van der Waals surface area contributed by atoms with Gasteiger partial charge in [0.15, 0.2) is 0 Å². The predicted octanol–water partition coefficient (Wildman–Crippen LogP) is -1.30. The van der Waals surface area contributed by atoms with Gasteiger partial charge in [0.05, 0.1) is 95.3 Å². The summed E-state index contributed by atoms with van der Waals surface area (Å²) in [5, 5.41) is 30.1. The number of hydrogen-bond donors (Lipinski definition) is 12. The number of carbonyl (C=O) groups excluding carboxylic acids is 15. The minimum absolute atomic E-state index is 0.00769. The van der Waals surface area contributed by atoms with E-state index in [4.69, 9.17) is 28.4 Å². The van der Waals surface area contributed by atoms with E-state index in [9.17, 15) is 71.9 Å². The summed E-state index contributed by atoms with van der Waals surface area (Å²) in [6.07, 6.45) is -0.974. The Labute approximate surface area is 653 Å². The SMILES string of the molecule is CC[C@H](C)[C@@H]([C@@H](CC(=O)N1CCC[C@H]1[C@H](OC)[C@@H](C)C(=O)N[C@@H](Cc1ccccc1)C(=O)NCCCOC(=O)C(C)NC(=O)CCNC(=O)OCC(NC(=O)CNC(=O)CNC(=O)CNC(=O)CNC(=O)CCNC(=O)CCOCC(C)(C)C)C(=O)NCCOC)OC)N(C)C(=O)C(NC(=O)[C@H](C(C)C)N(C)C)C(C)C. The van der Waals surface area contributed by atoms with Crippen molar-refractivity contribution in [1.29, 1.82) is 0 Å². The molecule has 1 aromatic rings. The van der Waals surface area contributed by atoms with Crippen LogP contribution in [-0.2, 0) is 102 Å². The van der Waals surface area contributed by atoms with Gasteiger partial charge in [-0.3, -0.25) is 67.2 Å². The van der Waals surface area contributed by atoms with E-state index in [-0.39, 0.29) is 131 Å². The van der Waals surface area contributed by atoms with Crippen LogP contribution in [0.15, 0.2) is 30.3 Å². The van der Waals surface area contributed by atoms with Crippen LogP contribution in [0, 0.1) is 29.1 Å². The topological polar surface area (TPSA) is 466 Å². The molecule has 1 aliphatic heterocycles. The van der Waals surface area contributed by atoms with Crippen molar-refractivity contribution >= 4 is 88.9 Å². The maximum atomic E-state index is 14.6. The van der Waals surface area contributed by atoms with Crippen LogP contribution in [0.4, 0.5) is 4.79 Å². The molecule has 3 unspecified atom stereocenters. The lowest BCUT2D eigenvalue weighted by Gasteiger charge is -2.41. The molecular weight excluding hydrogens is 1450 g/mol. The first-order valence-corrected chi connectivity index (χ1v) is 37.9. The third-order valence-corrected chi connectivity index (χ3v) is 18.2. The van der Waals surface area contributed by atoms with Crippen molar-refractivity contribution in [2.24, 2.45) is 29.1 Å². The molecule has 1 aliphatic rings. The number of nitrogens with one attached hydrogen (secondary N) is 12. The maximum absolute atomic E-state index is 14.6. The summed E-state index contributed by atoms with van der Waals surface area (Å²) in [7, 11) is 9.69. The molecule has 0 spiro atoms.